The molecule has 0 aliphatic rings. The van der Waals surface area contributed by atoms with Crippen LogP contribution in [0.4, 0.5) is 13.2 Å². The molecule has 0 bridgehead atoms. The highest BCUT2D eigenvalue weighted by atomic mass is 19.4. The van der Waals surface area contributed by atoms with Gasteiger partial charge in [0.25, 0.3) is 0 Å². The normalized spacial score (nSPS) is 15.2. The van der Waals surface area contributed by atoms with Gasteiger partial charge in [-0.15, -0.1) is 13.2 Å². The molecule has 114 valence electrons. The average molecular weight is 291 g/mol. The van der Waals surface area contributed by atoms with E-state index in [1.54, 1.807) is 19.1 Å². The Morgan fingerprint density at radius 2 is 1.80 bits per heavy atom. The molecule has 1 aromatic rings. The Bertz CT molecular complexity index is 421. The zero-order valence-corrected chi connectivity index (χ0v) is 11.7. The monoisotopic (exact) mass is 291 g/mol. The Morgan fingerprint density at radius 3 is 2.35 bits per heavy atom. The van der Waals surface area contributed by atoms with Gasteiger partial charge < -0.3 is 15.2 Å². The molecule has 0 amide bonds. The average Bonchev–Trinajstić information content (AvgIpc) is 2.34. The van der Waals surface area contributed by atoms with Crippen molar-refractivity contribution in [2.75, 3.05) is 6.54 Å². The molecule has 2 unspecified atom stereocenters. The predicted octanol–water partition coefficient (Wildman–Crippen LogP) is 3.25. The van der Waals surface area contributed by atoms with Crippen LogP contribution >= 0.6 is 0 Å². The first-order valence-corrected chi connectivity index (χ1v) is 6.47. The minimum atomic E-state index is -4.72. The van der Waals surface area contributed by atoms with Gasteiger partial charge in [0.2, 0.25) is 0 Å². The molecule has 0 spiro atoms. The van der Waals surface area contributed by atoms with Gasteiger partial charge in [-0.2, -0.15) is 0 Å². The number of ether oxygens (including phenoxy) is 1. The Balaban J connectivity index is 2.75. The lowest BCUT2D eigenvalue weighted by atomic mass is 10.0. The molecule has 0 saturated carbocycles. The second-order valence-electron chi connectivity index (χ2n) is 5.03. The SMILES string of the molecule is CC(NCC(O)C(C)C)c1ccccc1OC(F)(F)F. The van der Waals surface area contributed by atoms with Gasteiger partial charge in [-0.3, -0.25) is 0 Å². The molecule has 0 aliphatic heterocycles. The third-order valence-corrected chi connectivity index (χ3v) is 3.01. The van der Waals surface area contributed by atoms with E-state index in [0.29, 0.717) is 12.1 Å². The van der Waals surface area contributed by atoms with Gasteiger partial charge in [0.05, 0.1) is 6.10 Å². The molecule has 0 aliphatic carbocycles. The van der Waals surface area contributed by atoms with Crippen molar-refractivity contribution in [1.82, 2.24) is 5.32 Å². The number of nitrogens with one attached hydrogen (secondary N) is 1. The number of aliphatic hydroxyl groups is 1. The zero-order valence-electron chi connectivity index (χ0n) is 11.7. The van der Waals surface area contributed by atoms with Crippen molar-refractivity contribution in [3.8, 4) is 5.75 Å². The maximum absolute atomic E-state index is 12.3. The van der Waals surface area contributed by atoms with Gasteiger partial charge >= 0.3 is 6.36 Å². The summed E-state index contributed by atoms with van der Waals surface area (Å²) in [4.78, 5) is 0. The van der Waals surface area contributed by atoms with Crippen molar-refractivity contribution < 1.29 is 23.0 Å². The molecule has 6 heteroatoms. The van der Waals surface area contributed by atoms with Crippen molar-refractivity contribution in [2.45, 2.75) is 39.3 Å². The van der Waals surface area contributed by atoms with E-state index in [2.05, 4.69) is 10.1 Å². The van der Waals surface area contributed by atoms with Gasteiger partial charge in [0, 0.05) is 18.2 Å². The number of benzene rings is 1. The Labute approximate surface area is 116 Å². The third kappa shape index (κ3) is 5.38. The van der Waals surface area contributed by atoms with Crippen LogP contribution in [0.15, 0.2) is 24.3 Å². The van der Waals surface area contributed by atoms with E-state index < -0.39 is 12.5 Å². The minimum Gasteiger partial charge on any atom is -0.405 e. The molecule has 3 nitrogen and oxygen atoms in total. The minimum absolute atomic E-state index is 0.0800. The number of para-hydroxylation sites is 1. The lowest BCUT2D eigenvalue weighted by molar-refractivity contribution is -0.275. The van der Waals surface area contributed by atoms with Crippen LogP contribution in [0.5, 0.6) is 5.75 Å². The first kappa shape index (κ1) is 16.8. The molecular weight excluding hydrogens is 271 g/mol. The largest absolute Gasteiger partial charge is 0.573 e. The standard InChI is InChI=1S/C14H20F3NO2/c1-9(2)12(19)8-18-10(3)11-6-4-5-7-13(11)20-14(15,16)17/h4-7,9-10,12,18-19H,8H2,1-3H3. The highest BCUT2D eigenvalue weighted by molar-refractivity contribution is 5.35. The van der Waals surface area contributed by atoms with Crippen LogP contribution in [0.1, 0.15) is 32.4 Å². The second-order valence-corrected chi connectivity index (χ2v) is 5.03. The fraction of sp³-hybridized carbons (Fsp3) is 0.571. The zero-order chi connectivity index (χ0) is 15.3. The molecule has 0 fully saturated rings. The molecule has 2 atom stereocenters. The van der Waals surface area contributed by atoms with E-state index in [1.807, 2.05) is 13.8 Å². The van der Waals surface area contributed by atoms with Crippen LogP contribution in [0, 0.1) is 5.92 Å². The van der Waals surface area contributed by atoms with E-state index >= 15 is 0 Å². The summed E-state index contributed by atoms with van der Waals surface area (Å²) in [7, 11) is 0. The maximum Gasteiger partial charge on any atom is 0.573 e. The first-order valence-electron chi connectivity index (χ1n) is 6.47. The van der Waals surface area contributed by atoms with Crippen molar-refractivity contribution in [3.05, 3.63) is 29.8 Å². The number of rotatable bonds is 6. The van der Waals surface area contributed by atoms with E-state index in [0.717, 1.165) is 0 Å². The predicted molar refractivity (Wildman–Crippen MR) is 70.4 cm³/mol. The molecule has 0 aromatic heterocycles. The fourth-order valence-corrected chi connectivity index (χ4v) is 1.70. The molecule has 0 radical (unpaired) electrons. The third-order valence-electron chi connectivity index (χ3n) is 3.01. The summed E-state index contributed by atoms with van der Waals surface area (Å²) in [6.07, 6.45) is -5.26. The summed E-state index contributed by atoms with van der Waals surface area (Å²) >= 11 is 0. The Hall–Kier alpha value is -1.27. The molecule has 1 rings (SSSR count). The van der Waals surface area contributed by atoms with Gasteiger partial charge in [0.15, 0.2) is 0 Å². The molecule has 0 saturated heterocycles. The van der Waals surface area contributed by atoms with E-state index in [-0.39, 0.29) is 17.7 Å². The summed E-state index contributed by atoms with van der Waals surface area (Å²) in [6, 6.07) is 5.62. The maximum atomic E-state index is 12.3. The quantitative estimate of drug-likeness (QED) is 0.845. The Morgan fingerprint density at radius 1 is 1.20 bits per heavy atom. The van der Waals surface area contributed by atoms with Crippen LogP contribution in [0.2, 0.25) is 0 Å². The van der Waals surface area contributed by atoms with Crippen molar-refractivity contribution in [1.29, 1.82) is 0 Å². The summed E-state index contributed by atoms with van der Waals surface area (Å²) < 4.78 is 41.0. The highest BCUT2D eigenvalue weighted by Crippen LogP contribution is 2.30. The molecule has 2 N–H and O–H groups in total. The van der Waals surface area contributed by atoms with Gasteiger partial charge in [0.1, 0.15) is 5.75 Å². The van der Waals surface area contributed by atoms with Crippen molar-refractivity contribution >= 4 is 0 Å². The number of alkyl halides is 3. The summed E-state index contributed by atoms with van der Waals surface area (Å²) in [5, 5.41) is 12.7. The smallest absolute Gasteiger partial charge is 0.405 e. The second kappa shape index (κ2) is 6.95. The van der Waals surface area contributed by atoms with Crippen LogP contribution < -0.4 is 10.1 Å². The lowest BCUT2D eigenvalue weighted by Gasteiger charge is -2.22. The van der Waals surface area contributed by atoms with E-state index in [4.69, 9.17) is 0 Å². The molecule has 1 aromatic carbocycles. The van der Waals surface area contributed by atoms with Crippen LogP contribution in [-0.2, 0) is 0 Å². The van der Waals surface area contributed by atoms with Crippen LogP contribution in [0.25, 0.3) is 0 Å². The van der Waals surface area contributed by atoms with Crippen molar-refractivity contribution in [2.24, 2.45) is 5.92 Å². The number of aliphatic hydroxyl groups excluding tert-OH is 1. The summed E-state index contributed by atoms with van der Waals surface area (Å²) in [5.74, 6) is -0.143. The number of hydrogen-bond donors (Lipinski definition) is 2. The highest BCUT2D eigenvalue weighted by Gasteiger charge is 2.32. The van der Waals surface area contributed by atoms with E-state index in [9.17, 15) is 18.3 Å². The van der Waals surface area contributed by atoms with Gasteiger partial charge in [-0.05, 0) is 18.9 Å². The summed E-state index contributed by atoms with van der Waals surface area (Å²) in [5.41, 5.74) is 0.404. The topological polar surface area (TPSA) is 41.5 Å². The van der Waals surface area contributed by atoms with Crippen molar-refractivity contribution in [3.63, 3.8) is 0 Å². The van der Waals surface area contributed by atoms with Gasteiger partial charge in [-0.25, -0.2) is 0 Å². The molecule has 20 heavy (non-hydrogen) atoms. The van der Waals surface area contributed by atoms with Crippen LogP contribution in [-0.4, -0.2) is 24.1 Å². The Kier molecular flexibility index (Phi) is 5.83. The molecule has 0 heterocycles. The summed E-state index contributed by atoms with van der Waals surface area (Å²) in [6.45, 7) is 5.78. The first-order chi connectivity index (χ1) is 9.20. The number of halogens is 3. The van der Waals surface area contributed by atoms with E-state index in [1.165, 1.54) is 12.1 Å². The molecular formula is C14H20F3NO2. The lowest BCUT2D eigenvalue weighted by Crippen LogP contribution is -2.32. The fourth-order valence-electron chi connectivity index (χ4n) is 1.70. The number of hydrogen-bond acceptors (Lipinski definition) is 3. The van der Waals surface area contributed by atoms with Crippen LogP contribution in [0.3, 0.4) is 0 Å². The van der Waals surface area contributed by atoms with Gasteiger partial charge in [-0.1, -0.05) is 32.0 Å².